The molecule has 0 aliphatic heterocycles. The van der Waals surface area contributed by atoms with Crippen molar-refractivity contribution in [2.45, 2.75) is 19.5 Å². The molecule has 0 fully saturated rings. The van der Waals surface area contributed by atoms with E-state index in [1.807, 2.05) is 36.4 Å². The van der Waals surface area contributed by atoms with E-state index < -0.39 is 5.91 Å². The number of pyridine rings is 1. The predicted octanol–water partition coefficient (Wildman–Crippen LogP) is 1.25. The van der Waals surface area contributed by atoms with Crippen molar-refractivity contribution >= 4 is 11.8 Å². The zero-order valence-electron chi connectivity index (χ0n) is 13.9. The van der Waals surface area contributed by atoms with Crippen molar-refractivity contribution < 1.29 is 14.1 Å². The second-order valence-corrected chi connectivity index (χ2v) is 5.46. The maximum Gasteiger partial charge on any atom is 0.315 e. The number of benzene rings is 1. The van der Waals surface area contributed by atoms with E-state index in [9.17, 15) is 9.59 Å². The average Bonchev–Trinajstić information content (AvgIpc) is 3.14. The normalized spacial score (nSPS) is 10.3. The van der Waals surface area contributed by atoms with Crippen LogP contribution in [0.25, 0.3) is 0 Å². The lowest BCUT2D eigenvalue weighted by Gasteiger charge is -2.03. The number of rotatable bonds is 7. The summed E-state index contributed by atoms with van der Waals surface area (Å²) in [5.74, 6) is -0.806. The number of amides is 2. The third kappa shape index (κ3) is 4.97. The summed E-state index contributed by atoms with van der Waals surface area (Å²) < 4.78 is 4.90. The largest absolute Gasteiger partial charge is 0.352 e. The van der Waals surface area contributed by atoms with E-state index in [1.165, 1.54) is 0 Å². The van der Waals surface area contributed by atoms with Gasteiger partial charge in [0.2, 0.25) is 5.91 Å². The third-order valence-electron chi connectivity index (χ3n) is 3.47. The minimum absolute atomic E-state index is 0.0656. The van der Waals surface area contributed by atoms with E-state index in [0.29, 0.717) is 12.2 Å². The van der Waals surface area contributed by atoms with Gasteiger partial charge in [-0.25, -0.2) is 0 Å². The first kappa shape index (κ1) is 17.3. The van der Waals surface area contributed by atoms with E-state index in [0.717, 1.165) is 5.56 Å². The van der Waals surface area contributed by atoms with Crippen LogP contribution in [0.4, 0.5) is 0 Å². The molecule has 2 heterocycles. The molecule has 8 heteroatoms. The third-order valence-corrected chi connectivity index (χ3v) is 3.47. The first-order valence-electron chi connectivity index (χ1n) is 8.02. The van der Waals surface area contributed by atoms with Crippen LogP contribution in [0.5, 0.6) is 0 Å². The molecule has 0 aliphatic rings. The van der Waals surface area contributed by atoms with Crippen LogP contribution in [-0.4, -0.2) is 26.9 Å². The molecule has 0 radical (unpaired) electrons. The van der Waals surface area contributed by atoms with Crippen molar-refractivity contribution in [1.29, 1.82) is 0 Å². The van der Waals surface area contributed by atoms with E-state index in [-0.39, 0.29) is 30.6 Å². The Morgan fingerprint density at radius 3 is 2.54 bits per heavy atom. The summed E-state index contributed by atoms with van der Waals surface area (Å²) in [6, 6.07) is 14.9. The minimum atomic E-state index is -0.515. The number of carbonyl (C=O) groups is 2. The maximum absolute atomic E-state index is 12.0. The highest BCUT2D eigenvalue weighted by Crippen LogP contribution is 2.01. The van der Waals surface area contributed by atoms with Crippen LogP contribution < -0.4 is 10.6 Å². The molecular weight excluding hydrogens is 334 g/mol. The van der Waals surface area contributed by atoms with Gasteiger partial charge in [0.05, 0.1) is 18.7 Å². The van der Waals surface area contributed by atoms with Crippen LogP contribution in [0.15, 0.2) is 59.3 Å². The van der Waals surface area contributed by atoms with Crippen LogP contribution in [0.2, 0.25) is 0 Å². The minimum Gasteiger partial charge on any atom is -0.352 e. The van der Waals surface area contributed by atoms with Gasteiger partial charge in [-0.3, -0.25) is 14.6 Å². The Balaban J connectivity index is 1.47. The number of nitrogens with zero attached hydrogens (tertiary/aromatic N) is 3. The van der Waals surface area contributed by atoms with Crippen LogP contribution >= 0.6 is 0 Å². The molecule has 3 aromatic rings. The Morgan fingerprint density at radius 1 is 0.962 bits per heavy atom. The summed E-state index contributed by atoms with van der Waals surface area (Å²) in [4.78, 5) is 32.0. The fraction of sp³-hybridized carbons (Fsp3) is 0.167. The summed E-state index contributed by atoms with van der Waals surface area (Å²) in [6.45, 7) is 0.657. The summed E-state index contributed by atoms with van der Waals surface area (Å²) in [5.41, 5.74) is 1.70. The molecule has 2 aromatic heterocycles. The molecule has 8 nitrogen and oxygen atoms in total. The fourth-order valence-corrected chi connectivity index (χ4v) is 2.17. The molecule has 0 saturated heterocycles. The number of hydrogen-bond donors (Lipinski definition) is 2. The topological polar surface area (TPSA) is 110 Å². The van der Waals surface area contributed by atoms with Gasteiger partial charge in [-0.2, -0.15) is 4.98 Å². The SMILES string of the molecule is O=C(Cc1noc(C(=O)NCc2ccccn2)n1)NCc1ccccc1. The second kappa shape index (κ2) is 8.52. The van der Waals surface area contributed by atoms with E-state index in [1.54, 1.807) is 18.3 Å². The van der Waals surface area contributed by atoms with Gasteiger partial charge in [0, 0.05) is 12.7 Å². The smallest absolute Gasteiger partial charge is 0.315 e. The first-order valence-corrected chi connectivity index (χ1v) is 8.02. The molecule has 1 aromatic carbocycles. The van der Waals surface area contributed by atoms with Crippen molar-refractivity contribution in [3.8, 4) is 0 Å². The van der Waals surface area contributed by atoms with Crippen LogP contribution in [0.1, 0.15) is 27.8 Å². The highest BCUT2D eigenvalue weighted by molar-refractivity contribution is 5.89. The van der Waals surface area contributed by atoms with Crippen molar-refractivity contribution in [3.63, 3.8) is 0 Å². The molecule has 0 atom stereocenters. The van der Waals surface area contributed by atoms with Gasteiger partial charge in [0.25, 0.3) is 0 Å². The molecule has 0 saturated carbocycles. The molecule has 2 N–H and O–H groups in total. The van der Waals surface area contributed by atoms with Crippen molar-refractivity contribution in [2.75, 3.05) is 0 Å². The van der Waals surface area contributed by atoms with Crippen LogP contribution in [0, 0.1) is 0 Å². The van der Waals surface area contributed by atoms with Gasteiger partial charge < -0.3 is 15.2 Å². The van der Waals surface area contributed by atoms with Crippen LogP contribution in [-0.2, 0) is 24.3 Å². The Hall–Kier alpha value is -3.55. The zero-order chi connectivity index (χ0) is 18.2. The number of aromatic nitrogens is 3. The molecule has 0 aliphatic carbocycles. The Morgan fingerprint density at radius 2 is 1.77 bits per heavy atom. The number of hydrogen-bond acceptors (Lipinski definition) is 6. The quantitative estimate of drug-likeness (QED) is 0.663. The van der Waals surface area contributed by atoms with Gasteiger partial charge >= 0.3 is 11.8 Å². The molecule has 132 valence electrons. The molecular formula is C18H17N5O3. The van der Waals surface area contributed by atoms with E-state index in [2.05, 4.69) is 25.8 Å². The van der Waals surface area contributed by atoms with Crippen molar-refractivity contribution in [2.24, 2.45) is 0 Å². The zero-order valence-corrected chi connectivity index (χ0v) is 13.9. The molecule has 0 bridgehead atoms. The Bertz CT molecular complexity index is 865. The molecule has 3 rings (SSSR count). The van der Waals surface area contributed by atoms with Gasteiger partial charge in [-0.05, 0) is 17.7 Å². The molecule has 0 spiro atoms. The fourth-order valence-electron chi connectivity index (χ4n) is 2.17. The highest BCUT2D eigenvalue weighted by atomic mass is 16.5. The summed E-state index contributed by atoms with van der Waals surface area (Å²) in [6.07, 6.45) is 1.57. The van der Waals surface area contributed by atoms with E-state index in [4.69, 9.17) is 4.52 Å². The molecule has 0 unspecified atom stereocenters. The Kier molecular flexibility index (Phi) is 5.66. The highest BCUT2D eigenvalue weighted by Gasteiger charge is 2.16. The number of carbonyl (C=O) groups excluding carboxylic acids is 2. The maximum atomic E-state index is 12.0. The van der Waals surface area contributed by atoms with Crippen molar-refractivity contribution in [3.05, 3.63) is 77.7 Å². The number of nitrogens with one attached hydrogen (secondary N) is 2. The monoisotopic (exact) mass is 351 g/mol. The van der Waals surface area contributed by atoms with Gasteiger partial charge in [0.1, 0.15) is 0 Å². The standard InChI is InChI=1S/C18H17N5O3/c24-16(20-11-13-6-2-1-3-7-13)10-15-22-18(26-23-15)17(25)21-12-14-8-4-5-9-19-14/h1-9H,10-12H2,(H,20,24)(H,21,25). The summed E-state index contributed by atoms with van der Waals surface area (Å²) in [7, 11) is 0. The Labute approximate surface area is 149 Å². The van der Waals surface area contributed by atoms with Crippen molar-refractivity contribution in [1.82, 2.24) is 25.8 Å². The second-order valence-electron chi connectivity index (χ2n) is 5.46. The van der Waals surface area contributed by atoms with Gasteiger partial charge in [0.15, 0.2) is 5.82 Å². The lowest BCUT2D eigenvalue weighted by atomic mass is 10.2. The van der Waals surface area contributed by atoms with Crippen LogP contribution in [0.3, 0.4) is 0 Å². The predicted molar refractivity (Wildman–Crippen MR) is 91.7 cm³/mol. The molecule has 2 amide bonds. The summed E-state index contributed by atoms with van der Waals surface area (Å²) >= 11 is 0. The summed E-state index contributed by atoms with van der Waals surface area (Å²) in [5, 5.41) is 9.06. The van der Waals surface area contributed by atoms with E-state index >= 15 is 0 Å². The lowest BCUT2D eigenvalue weighted by Crippen LogP contribution is -2.25. The van der Waals surface area contributed by atoms with Gasteiger partial charge in [-0.1, -0.05) is 41.6 Å². The molecule has 26 heavy (non-hydrogen) atoms. The van der Waals surface area contributed by atoms with Gasteiger partial charge in [-0.15, -0.1) is 0 Å². The average molecular weight is 351 g/mol. The first-order chi connectivity index (χ1) is 12.7. The lowest BCUT2D eigenvalue weighted by molar-refractivity contribution is -0.120.